The van der Waals surface area contributed by atoms with Crippen LogP contribution in [0.3, 0.4) is 0 Å². The molecule has 0 amide bonds. The normalized spacial score (nSPS) is 13.1. The van der Waals surface area contributed by atoms with Gasteiger partial charge in [0.2, 0.25) is 10.0 Å². The molecule has 1 unspecified atom stereocenters. The number of sulfonamides is 1. The Morgan fingerprint density at radius 3 is 2.58 bits per heavy atom. The maximum atomic E-state index is 11.9. The number of nitrogens with two attached hydrogens (primary N) is 1. The predicted molar refractivity (Wildman–Crippen MR) is 75.3 cm³/mol. The van der Waals surface area contributed by atoms with Gasteiger partial charge >= 0.3 is 5.97 Å². The maximum absolute atomic E-state index is 11.9. The van der Waals surface area contributed by atoms with Gasteiger partial charge in [-0.15, -0.1) is 0 Å². The standard InChI is InChI=1S/C12H16BrNO4S/c1-3-4-8(2)18-12(15)9-5-10(13)7-11(6-9)19(14,16)17/h5-8H,3-4H2,1-2H3,(H2,14,16,17). The van der Waals surface area contributed by atoms with Crippen molar-refractivity contribution in [3.63, 3.8) is 0 Å². The van der Waals surface area contributed by atoms with Crippen LogP contribution in [-0.4, -0.2) is 20.5 Å². The molecule has 0 aromatic heterocycles. The van der Waals surface area contributed by atoms with Crippen LogP contribution in [0.2, 0.25) is 0 Å². The van der Waals surface area contributed by atoms with Gasteiger partial charge < -0.3 is 4.74 Å². The molecule has 0 saturated heterocycles. The molecule has 2 N–H and O–H groups in total. The smallest absolute Gasteiger partial charge is 0.338 e. The summed E-state index contributed by atoms with van der Waals surface area (Å²) >= 11 is 3.14. The van der Waals surface area contributed by atoms with Gasteiger partial charge in [-0.1, -0.05) is 29.3 Å². The van der Waals surface area contributed by atoms with Gasteiger partial charge in [0.05, 0.1) is 16.6 Å². The summed E-state index contributed by atoms with van der Waals surface area (Å²) in [6.45, 7) is 3.78. The first kappa shape index (κ1) is 16.1. The van der Waals surface area contributed by atoms with Crippen LogP contribution in [0.4, 0.5) is 0 Å². The van der Waals surface area contributed by atoms with E-state index in [9.17, 15) is 13.2 Å². The Morgan fingerprint density at radius 2 is 2.05 bits per heavy atom. The van der Waals surface area contributed by atoms with E-state index < -0.39 is 16.0 Å². The lowest BCUT2D eigenvalue weighted by Crippen LogP contribution is -2.17. The van der Waals surface area contributed by atoms with Crippen molar-refractivity contribution in [2.75, 3.05) is 0 Å². The van der Waals surface area contributed by atoms with Crippen molar-refractivity contribution in [1.29, 1.82) is 0 Å². The summed E-state index contributed by atoms with van der Waals surface area (Å²) in [5, 5.41) is 5.04. The highest BCUT2D eigenvalue weighted by Gasteiger charge is 2.16. The Kier molecular flexibility index (Phi) is 5.51. The molecular formula is C12H16BrNO4S. The summed E-state index contributed by atoms with van der Waals surface area (Å²) in [6, 6.07) is 4.04. The molecule has 0 aliphatic heterocycles. The molecule has 0 heterocycles. The largest absolute Gasteiger partial charge is 0.459 e. The summed E-state index contributed by atoms with van der Waals surface area (Å²) < 4.78 is 28.2. The van der Waals surface area contributed by atoms with E-state index in [4.69, 9.17) is 9.88 Å². The van der Waals surface area contributed by atoms with Crippen LogP contribution in [-0.2, 0) is 14.8 Å². The molecule has 0 aliphatic carbocycles. The highest BCUT2D eigenvalue weighted by Crippen LogP contribution is 2.20. The fourth-order valence-electron chi connectivity index (χ4n) is 1.56. The number of rotatable bonds is 5. The number of ether oxygens (including phenoxy) is 1. The second-order valence-corrected chi connectivity index (χ2v) is 6.70. The third-order valence-corrected chi connectivity index (χ3v) is 3.79. The summed E-state index contributed by atoms with van der Waals surface area (Å²) in [7, 11) is -3.86. The van der Waals surface area contributed by atoms with Gasteiger partial charge in [0, 0.05) is 4.47 Å². The molecule has 19 heavy (non-hydrogen) atoms. The fourth-order valence-corrected chi connectivity index (χ4v) is 2.79. The first-order chi connectivity index (χ1) is 8.74. The predicted octanol–water partition coefficient (Wildman–Crippen LogP) is 2.44. The van der Waals surface area contributed by atoms with E-state index >= 15 is 0 Å². The molecular weight excluding hydrogens is 334 g/mol. The van der Waals surface area contributed by atoms with Crippen molar-refractivity contribution in [3.8, 4) is 0 Å². The highest BCUT2D eigenvalue weighted by molar-refractivity contribution is 9.10. The Morgan fingerprint density at radius 1 is 1.42 bits per heavy atom. The van der Waals surface area contributed by atoms with Crippen molar-refractivity contribution in [2.24, 2.45) is 5.14 Å². The first-order valence-corrected chi connectivity index (χ1v) is 8.12. The van der Waals surface area contributed by atoms with Crippen LogP contribution in [0.15, 0.2) is 27.6 Å². The Labute approximate surface area is 121 Å². The maximum Gasteiger partial charge on any atom is 0.338 e. The van der Waals surface area contributed by atoms with E-state index in [1.54, 1.807) is 6.92 Å². The van der Waals surface area contributed by atoms with Crippen LogP contribution in [0, 0.1) is 0 Å². The van der Waals surface area contributed by atoms with Gasteiger partial charge in [0.15, 0.2) is 0 Å². The third-order valence-electron chi connectivity index (χ3n) is 2.44. The Balaban J connectivity index is 3.01. The van der Waals surface area contributed by atoms with Crippen LogP contribution in [0.1, 0.15) is 37.0 Å². The van der Waals surface area contributed by atoms with Crippen LogP contribution >= 0.6 is 15.9 Å². The lowest BCUT2D eigenvalue weighted by atomic mass is 10.2. The average molecular weight is 350 g/mol. The lowest BCUT2D eigenvalue weighted by molar-refractivity contribution is 0.0323. The van der Waals surface area contributed by atoms with Gasteiger partial charge in [0.1, 0.15) is 0 Å². The zero-order chi connectivity index (χ0) is 14.6. The SMILES string of the molecule is CCCC(C)OC(=O)c1cc(Br)cc(S(N)(=O)=O)c1. The zero-order valence-corrected chi connectivity index (χ0v) is 13.1. The van der Waals surface area contributed by atoms with Gasteiger partial charge in [0.25, 0.3) is 0 Å². The quantitative estimate of drug-likeness (QED) is 0.827. The molecule has 0 saturated carbocycles. The summed E-state index contributed by atoms with van der Waals surface area (Å²) in [5.74, 6) is -0.563. The molecule has 1 aromatic carbocycles. The van der Waals surface area contributed by atoms with Gasteiger partial charge in [-0.3, -0.25) is 0 Å². The highest BCUT2D eigenvalue weighted by atomic mass is 79.9. The topological polar surface area (TPSA) is 86.5 Å². The van der Waals surface area contributed by atoms with Crippen LogP contribution in [0.25, 0.3) is 0 Å². The second-order valence-electron chi connectivity index (χ2n) is 4.23. The lowest BCUT2D eigenvalue weighted by Gasteiger charge is -2.12. The number of esters is 1. The summed E-state index contributed by atoms with van der Waals surface area (Å²) in [5.41, 5.74) is 0.154. The molecule has 5 nitrogen and oxygen atoms in total. The monoisotopic (exact) mass is 349 g/mol. The third kappa shape index (κ3) is 4.93. The van der Waals surface area contributed by atoms with Crippen LogP contribution in [0.5, 0.6) is 0 Å². The van der Waals surface area contributed by atoms with Crippen molar-refractivity contribution in [3.05, 3.63) is 28.2 Å². The zero-order valence-electron chi connectivity index (χ0n) is 10.7. The van der Waals surface area contributed by atoms with Gasteiger partial charge in [-0.2, -0.15) is 0 Å². The number of carbonyl (C=O) groups excluding carboxylic acids is 1. The minimum Gasteiger partial charge on any atom is -0.459 e. The van der Waals surface area contributed by atoms with Crippen molar-refractivity contribution < 1.29 is 17.9 Å². The second kappa shape index (κ2) is 6.49. The van der Waals surface area contributed by atoms with Gasteiger partial charge in [-0.25, -0.2) is 18.4 Å². The minimum atomic E-state index is -3.86. The fraction of sp³-hybridized carbons (Fsp3) is 0.417. The number of primary sulfonamides is 1. The van der Waals surface area contributed by atoms with E-state index in [0.717, 1.165) is 12.8 Å². The summed E-state index contributed by atoms with van der Waals surface area (Å²) in [4.78, 5) is 11.8. The molecule has 0 spiro atoms. The summed E-state index contributed by atoms with van der Waals surface area (Å²) in [6.07, 6.45) is 1.44. The molecule has 1 rings (SSSR count). The van der Waals surface area contributed by atoms with E-state index in [1.165, 1.54) is 18.2 Å². The van der Waals surface area contributed by atoms with E-state index in [-0.39, 0.29) is 16.6 Å². The van der Waals surface area contributed by atoms with Crippen molar-refractivity contribution in [1.82, 2.24) is 0 Å². The number of halogens is 1. The molecule has 0 fully saturated rings. The first-order valence-electron chi connectivity index (χ1n) is 5.78. The van der Waals surface area contributed by atoms with E-state index in [1.807, 2.05) is 6.92 Å². The Hall–Kier alpha value is -0.920. The molecule has 0 bridgehead atoms. The molecule has 0 radical (unpaired) electrons. The van der Waals surface area contributed by atoms with E-state index in [2.05, 4.69) is 15.9 Å². The molecule has 106 valence electrons. The molecule has 0 aliphatic rings. The van der Waals surface area contributed by atoms with Gasteiger partial charge in [-0.05, 0) is 31.5 Å². The molecule has 1 atom stereocenters. The molecule has 1 aromatic rings. The average Bonchev–Trinajstić information content (AvgIpc) is 2.27. The van der Waals surface area contributed by atoms with Crippen molar-refractivity contribution in [2.45, 2.75) is 37.7 Å². The minimum absolute atomic E-state index is 0.128. The Bertz CT molecular complexity index is 571. The number of hydrogen-bond donors (Lipinski definition) is 1. The number of carbonyl (C=O) groups is 1. The van der Waals surface area contributed by atoms with E-state index in [0.29, 0.717) is 4.47 Å². The number of benzene rings is 1. The van der Waals surface area contributed by atoms with Crippen molar-refractivity contribution >= 4 is 31.9 Å². The molecule has 7 heteroatoms. The number of hydrogen-bond acceptors (Lipinski definition) is 4. The van der Waals surface area contributed by atoms with Crippen LogP contribution < -0.4 is 5.14 Å².